The molecular formula is C13H20N2. The summed E-state index contributed by atoms with van der Waals surface area (Å²) in [5, 5.41) is 0. The fraction of sp³-hybridized carbons (Fsp3) is 0.615. The Morgan fingerprint density at radius 1 is 1.13 bits per heavy atom. The van der Waals surface area contributed by atoms with Gasteiger partial charge in [-0.1, -0.05) is 44.6 Å². The zero-order valence-corrected chi connectivity index (χ0v) is 9.28. The van der Waals surface area contributed by atoms with Gasteiger partial charge in [-0.3, -0.25) is 0 Å². The van der Waals surface area contributed by atoms with Crippen LogP contribution >= 0.6 is 0 Å². The zero-order valence-electron chi connectivity index (χ0n) is 9.28. The largest absolute Gasteiger partial charge is 0.384 e. The highest BCUT2D eigenvalue weighted by Crippen LogP contribution is 2.25. The molecule has 0 aliphatic heterocycles. The molecule has 0 amide bonds. The second-order valence-electron chi connectivity index (χ2n) is 4.62. The monoisotopic (exact) mass is 204 g/mol. The molecule has 82 valence electrons. The second kappa shape index (κ2) is 5.15. The van der Waals surface area contributed by atoms with Crippen LogP contribution in [-0.4, -0.2) is 4.98 Å². The van der Waals surface area contributed by atoms with Gasteiger partial charge in [0, 0.05) is 5.69 Å². The van der Waals surface area contributed by atoms with Crippen LogP contribution in [0.2, 0.25) is 0 Å². The normalized spacial score (nSPS) is 18.7. The number of aromatic nitrogens is 1. The standard InChI is InChI=1S/C13H20N2/c14-13-9-5-8-12(15-13)10-11-6-3-1-2-4-7-11/h5,8-9,11H,1-4,6-7,10H2,(H2,14,15). The fourth-order valence-corrected chi connectivity index (χ4v) is 2.48. The Bertz CT molecular complexity index is 301. The summed E-state index contributed by atoms with van der Waals surface area (Å²) >= 11 is 0. The highest BCUT2D eigenvalue weighted by molar-refractivity contribution is 5.28. The lowest BCUT2D eigenvalue weighted by atomic mass is 9.95. The summed E-state index contributed by atoms with van der Waals surface area (Å²) in [5.41, 5.74) is 6.85. The van der Waals surface area contributed by atoms with E-state index in [-0.39, 0.29) is 0 Å². The SMILES string of the molecule is Nc1cccc(CC2CCCCCC2)n1. The fourth-order valence-electron chi connectivity index (χ4n) is 2.48. The van der Waals surface area contributed by atoms with Gasteiger partial charge in [-0.25, -0.2) is 4.98 Å². The van der Waals surface area contributed by atoms with Gasteiger partial charge in [0.25, 0.3) is 0 Å². The van der Waals surface area contributed by atoms with Crippen molar-refractivity contribution in [3.8, 4) is 0 Å². The van der Waals surface area contributed by atoms with Crippen molar-refractivity contribution in [2.45, 2.75) is 44.9 Å². The summed E-state index contributed by atoms with van der Waals surface area (Å²) in [7, 11) is 0. The van der Waals surface area contributed by atoms with Crippen LogP contribution in [-0.2, 0) is 6.42 Å². The summed E-state index contributed by atoms with van der Waals surface area (Å²) in [6.45, 7) is 0. The molecule has 2 N–H and O–H groups in total. The van der Waals surface area contributed by atoms with Crippen LogP contribution < -0.4 is 5.73 Å². The number of hydrogen-bond acceptors (Lipinski definition) is 2. The Labute approximate surface area is 91.9 Å². The van der Waals surface area contributed by atoms with Gasteiger partial charge in [0.2, 0.25) is 0 Å². The summed E-state index contributed by atoms with van der Waals surface area (Å²) in [6, 6.07) is 5.96. The van der Waals surface area contributed by atoms with E-state index in [1.54, 1.807) is 0 Å². The van der Waals surface area contributed by atoms with Crippen LogP contribution in [0.5, 0.6) is 0 Å². The maximum absolute atomic E-state index is 5.68. The molecule has 0 radical (unpaired) electrons. The van der Waals surface area contributed by atoms with Crippen LogP contribution in [0.1, 0.15) is 44.2 Å². The minimum absolute atomic E-state index is 0.654. The average Bonchev–Trinajstić information content (AvgIpc) is 2.46. The van der Waals surface area contributed by atoms with Gasteiger partial charge in [0.15, 0.2) is 0 Å². The smallest absolute Gasteiger partial charge is 0.123 e. The van der Waals surface area contributed by atoms with Crippen molar-refractivity contribution in [3.05, 3.63) is 23.9 Å². The lowest BCUT2D eigenvalue weighted by molar-refractivity contribution is 0.453. The lowest BCUT2D eigenvalue weighted by Gasteiger charge is -2.13. The molecule has 1 aliphatic carbocycles. The topological polar surface area (TPSA) is 38.9 Å². The third kappa shape index (κ3) is 3.22. The van der Waals surface area contributed by atoms with Gasteiger partial charge in [0.1, 0.15) is 5.82 Å². The predicted octanol–water partition coefficient (Wildman–Crippen LogP) is 3.18. The van der Waals surface area contributed by atoms with E-state index in [1.807, 2.05) is 12.1 Å². The van der Waals surface area contributed by atoms with Crippen molar-refractivity contribution in [1.82, 2.24) is 4.98 Å². The van der Waals surface area contributed by atoms with E-state index in [9.17, 15) is 0 Å². The van der Waals surface area contributed by atoms with Crippen molar-refractivity contribution in [3.63, 3.8) is 0 Å². The van der Waals surface area contributed by atoms with Gasteiger partial charge in [0.05, 0.1) is 0 Å². The summed E-state index contributed by atoms with van der Waals surface area (Å²) in [4.78, 5) is 4.38. The second-order valence-corrected chi connectivity index (χ2v) is 4.62. The third-order valence-corrected chi connectivity index (χ3v) is 3.30. The van der Waals surface area contributed by atoms with E-state index in [0.29, 0.717) is 5.82 Å². The molecule has 0 unspecified atom stereocenters. The summed E-state index contributed by atoms with van der Waals surface area (Å²) in [5.74, 6) is 1.49. The number of nitrogens with two attached hydrogens (primary N) is 1. The number of hydrogen-bond donors (Lipinski definition) is 1. The molecule has 1 aromatic heterocycles. The van der Waals surface area contributed by atoms with E-state index < -0.39 is 0 Å². The summed E-state index contributed by atoms with van der Waals surface area (Å²) in [6.07, 6.45) is 9.49. The maximum Gasteiger partial charge on any atom is 0.123 e. The highest BCUT2D eigenvalue weighted by Gasteiger charge is 2.13. The van der Waals surface area contributed by atoms with Gasteiger partial charge in [-0.05, 0) is 24.5 Å². The number of nitrogens with zero attached hydrogens (tertiary/aromatic N) is 1. The molecule has 1 fully saturated rings. The average molecular weight is 204 g/mol. The minimum Gasteiger partial charge on any atom is -0.384 e. The van der Waals surface area contributed by atoms with E-state index in [1.165, 1.54) is 44.2 Å². The molecule has 2 nitrogen and oxygen atoms in total. The van der Waals surface area contributed by atoms with Crippen LogP contribution in [0.15, 0.2) is 18.2 Å². The zero-order chi connectivity index (χ0) is 10.5. The van der Waals surface area contributed by atoms with Crippen molar-refractivity contribution >= 4 is 5.82 Å². The first-order valence-electron chi connectivity index (χ1n) is 6.06. The van der Waals surface area contributed by atoms with E-state index in [0.717, 1.165) is 12.3 Å². The van der Waals surface area contributed by atoms with Crippen molar-refractivity contribution in [1.29, 1.82) is 0 Å². The molecule has 2 rings (SSSR count). The molecule has 1 heterocycles. The summed E-state index contributed by atoms with van der Waals surface area (Å²) < 4.78 is 0. The number of nitrogen functional groups attached to an aromatic ring is 1. The minimum atomic E-state index is 0.654. The number of rotatable bonds is 2. The molecule has 1 aromatic rings. The Morgan fingerprint density at radius 3 is 2.53 bits per heavy atom. The Hall–Kier alpha value is -1.05. The first-order valence-corrected chi connectivity index (χ1v) is 6.06. The van der Waals surface area contributed by atoms with Crippen LogP contribution in [0.3, 0.4) is 0 Å². The van der Waals surface area contributed by atoms with Crippen LogP contribution in [0, 0.1) is 5.92 Å². The Morgan fingerprint density at radius 2 is 1.87 bits per heavy atom. The third-order valence-electron chi connectivity index (χ3n) is 3.30. The number of pyridine rings is 1. The lowest BCUT2D eigenvalue weighted by Crippen LogP contribution is -2.05. The van der Waals surface area contributed by atoms with Gasteiger partial charge < -0.3 is 5.73 Å². The molecular weight excluding hydrogens is 184 g/mol. The molecule has 0 aromatic carbocycles. The molecule has 0 spiro atoms. The van der Waals surface area contributed by atoms with Crippen LogP contribution in [0.25, 0.3) is 0 Å². The van der Waals surface area contributed by atoms with E-state index in [2.05, 4.69) is 11.1 Å². The molecule has 0 bridgehead atoms. The Kier molecular flexibility index (Phi) is 3.59. The van der Waals surface area contributed by atoms with Gasteiger partial charge >= 0.3 is 0 Å². The highest BCUT2D eigenvalue weighted by atomic mass is 14.8. The van der Waals surface area contributed by atoms with E-state index in [4.69, 9.17) is 5.73 Å². The van der Waals surface area contributed by atoms with Crippen molar-refractivity contribution < 1.29 is 0 Å². The van der Waals surface area contributed by atoms with Crippen molar-refractivity contribution in [2.75, 3.05) is 5.73 Å². The molecule has 15 heavy (non-hydrogen) atoms. The van der Waals surface area contributed by atoms with Crippen molar-refractivity contribution in [2.24, 2.45) is 5.92 Å². The molecule has 0 atom stereocenters. The van der Waals surface area contributed by atoms with E-state index >= 15 is 0 Å². The van der Waals surface area contributed by atoms with Crippen LogP contribution in [0.4, 0.5) is 5.82 Å². The van der Waals surface area contributed by atoms with Gasteiger partial charge in [-0.15, -0.1) is 0 Å². The first-order chi connectivity index (χ1) is 7.34. The first kappa shape index (κ1) is 10.5. The maximum atomic E-state index is 5.68. The predicted molar refractivity (Wildman–Crippen MR) is 63.5 cm³/mol. The number of anilines is 1. The molecule has 2 heteroatoms. The molecule has 0 saturated heterocycles. The molecule has 1 saturated carbocycles. The Balaban J connectivity index is 1.95. The molecule has 1 aliphatic rings. The van der Waals surface area contributed by atoms with Gasteiger partial charge in [-0.2, -0.15) is 0 Å². The quantitative estimate of drug-likeness (QED) is 0.751.